The summed E-state index contributed by atoms with van der Waals surface area (Å²) in [6.07, 6.45) is 2.52. The lowest BCUT2D eigenvalue weighted by atomic mass is 10.1. The monoisotopic (exact) mass is 265 g/mol. The van der Waals surface area contributed by atoms with Gasteiger partial charge in [-0.1, -0.05) is 26.0 Å². The minimum absolute atomic E-state index is 0.599. The number of hydrogen-bond donors (Lipinski definition) is 1. The summed E-state index contributed by atoms with van der Waals surface area (Å²) < 4.78 is 10.6. The van der Waals surface area contributed by atoms with Gasteiger partial charge in [-0.2, -0.15) is 0 Å². The summed E-state index contributed by atoms with van der Waals surface area (Å²) in [4.78, 5) is 0. The third kappa shape index (κ3) is 7.85. The van der Waals surface area contributed by atoms with E-state index in [0.29, 0.717) is 13.2 Å². The Labute approximate surface area is 117 Å². The molecule has 0 heterocycles. The quantitative estimate of drug-likeness (QED) is 0.659. The smallest absolute Gasteiger partial charge is 0.119 e. The Kier molecular flexibility index (Phi) is 8.26. The molecule has 1 N–H and O–H groups in total. The molecule has 0 radical (unpaired) electrons. The summed E-state index contributed by atoms with van der Waals surface area (Å²) in [6, 6.07) is 8.23. The van der Waals surface area contributed by atoms with Crippen LogP contribution in [0, 0.1) is 5.92 Å². The van der Waals surface area contributed by atoms with Crippen LogP contribution in [0.3, 0.4) is 0 Å². The van der Waals surface area contributed by atoms with Crippen LogP contribution in [-0.2, 0) is 11.3 Å². The zero-order chi connectivity index (χ0) is 13.9. The molecule has 108 valence electrons. The molecule has 0 unspecified atom stereocenters. The molecule has 0 bridgehead atoms. The normalized spacial score (nSPS) is 10.9. The highest BCUT2D eigenvalue weighted by molar-refractivity contribution is 5.28. The molecule has 19 heavy (non-hydrogen) atoms. The van der Waals surface area contributed by atoms with Gasteiger partial charge in [0.25, 0.3) is 0 Å². The number of benzene rings is 1. The molecule has 0 aliphatic heterocycles. The van der Waals surface area contributed by atoms with Crippen LogP contribution in [0.15, 0.2) is 24.3 Å². The van der Waals surface area contributed by atoms with E-state index in [-0.39, 0.29) is 0 Å². The number of nitrogens with one attached hydrogen (secondary N) is 1. The fraction of sp³-hybridized carbons (Fsp3) is 0.625. The van der Waals surface area contributed by atoms with E-state index < -0.39 is 0 Å². The summed E-state index contributed by atoms with van der Waals surface area (Å²) in [5.74, 6) is 1.71. The van der Waals surface area contributed by atoms with Gasteiger partial charge in [0.1, 0.15) is 12.4 Å². The van der Waals surface area contributed by atoms with E-state index in [1.165, 1.54) is 18.4 Å². The first-order valence-electron chi connectivity index (χ1n) is 7.13. The molecule has 0 aliphatic carbocycles. The van der Waals surface area contributed by atoms with Crippen molar-refractivity contribution in [3.8, 4) is 5.75 Å². The predicted molar refractivity (Wildman–Crippen MR) is 79.6 cm³/mol. The van der Waals surface area contributed by atoms with Gasteiger partial charge < -0.3 is 14.8 Å². The van der Waals surface area contributed by atoms with Gasteiger partial charge in [0.05, 0.1) is 6.61 Å². The second-order valence-electron chi connectivity index (χ2n) is 5.20. The van der Waals surface area contributed by atoms with Crippen LogP contribution in [0.25, 0.3) is 0 Å². The van der Waals surface area contributed by atoms with Crippen LogP contribution in [0.4, 0.5) is 0 Å². The van der Waals surface area contributed by atoms with Crippen LogP contribution in [0.2, 0.25) is 0 Å². The molecule has 0 amide bonds. The average Bonchev–Trinajstić information content (AvgIpc) is 2.39. The summed E-state index contributed by atoms with van der Waals surface area (Å²) in [7, 11) is 1.68. The van der Waals surface area contributed by atoms with Crippen LogP contribution in [0.5, 0.6) is 5.75 Å². The maximum absolute atomic E-state index is 5.59. The van der Waals surface area contributed by atoms with Crippen molar-refractivity contribution in [2.24, 2.45) is 5.92 Å². The molecule has 3 heteroatoms. The van der Waals surface area contributed by atoms with Crippen molar-refractivity contribution in [1.82, 2.24) is 5.32 Å². The molecule has 0 saturated heterocycles. The van der Waals surface area contributed by atoms with E-state index in [9.17, 15) is 0 Å². The standard InChI is InChI=1S/C16H27NO2/c1-14(2)6-5-9-17-13-15-7-4-8-16(12-15)19-11-10-18-3/h4,7-8,12,14,17H,5-6,9-11,13H2,1-3H3. The molecule has 1 rings (SSSR count). The van der Waals surface area contributed by atoms with Crippen molar-refractivity contribution in [3.63, 3.8) is 0 Å². The Bertz CT molecular complexity index is 339. The molecular weight excluding hydrogens is 238 g/mol. The zero-order valence-corrected chi connectivity index (χ0v) is 12.4. The molecule has 0 saturated carbocycles. The summed E-state index contributed by atoms with van der Waals surface area (Å²) in [5.41, 5.74) is 1.26. The first kappa shape index (κ1) is 16.0. The molecule has 0 fully saturated rings. The Morgan fingerprint density at radius 1 is 1.21 bits per heavy atom. The van der Waals surface area contributed by atoms with Gasteiger partial charge in [0, 0.05) is 13.7 Å². The SMILES string of the molecule is COCCOc1cccc(CNCCCC(C)C)c1. The average molecular weight is 265 g/mol. The fourth-order valence-corrected chi connectivity index (χ4v) is 1.86. The van der Waals surface area contributed by atoms with Crippen molar-refractivity contribution < 1.29 is 9.47 Å². The minimum Gasteiger partial charge on any atom is -0.491 e. The maximum atomic E-state index is 5.59. The highest BCUT2D eigenvalue weighted by Gasteiger charge is 1.98. The topological polar surface area (TPSA) is 30.5 Å². The third-order valence-electron chi connectivity index (χ3n) is 2.92. The number of methoxy groups -OCH3 is 1. The molecule has 0 aliphatic rings. The molecule has 0 spiro atoms. The Morgan fingerprint density at radius 3 is 2.79 bits per heavy atom. The predicted octanol–water partition coefficient (Wildman–Crippen LogP) is 3.24. The number of hydrogen-bond acceptors (Lipinski definition) is 3. The van der Waals surface area contributed by atoms with E-state index in [2.05, 4.69) is 31.3 Å². The summed E-state index contributed by atoms with van der Waals surface area (Å²) in [6.45, 7) is 7.73. The van der Waals surface area contributed by atoms with Gasteiger partial charge >= 0.3 is 0 Å². The molecule has 0 atom stereocenters. The number of rotatable bonds is 10. The van der Waals surface area contributed by atoms with Gasteiger partial charge in [0.15, 0.2) is 0 Å². The Balaban J connectivity index is 2.23. The highest BCUT2D eigenvalue weighted by atomic mass is 16.5. The van der Waals surface area contributed by atoms with E-state index in [4.69, 9.17) is 9.47 Å². The van der Waals surface area contributed by atoms with Crippen LogP contribution in [-0.4, -0.2) is 26.9 Å². The summed E-state index contributed by atoms with van der Waals surface area (Å²) >= 11 is 0. The lowest BCUT2D eigenvalue weighted by Crippen LogP contribution is -2.15. The van der Waals surface area contributed by atoms with Crippen molar-refractivity contribution in [1.29, 1.82) is 0 Å². The van der Waals surface area contributed by atoms with Crippen LogP contribution >= 0.6 is 0 Å². The highest BCUT2D eigenvalue weighted by Crippen LogP contribution is 2.13. The van der Waals surface area contributed by atoms with Gasteiger partial charge in [-0.25, -0.2) is 0 Å². The lowest BCUT2D eigenvalue weighted by Gasteiger charge is -2.09. The van der Waals surface area contributed by atoms with E-state index in [1.54, 1.807) is 7.11 Å². The summed E-state index contributed by atoms with van der Waals surface area (Å²) in [5, 5.41) is 3.47. The molecular formula is C16H27NO2. The Morgan fingerprint density at radius 2 is 2.05 bits per heavy atom. The largest absolute Gasteiger partial charge is 0.491 e. The van der Waals surface area contributed by atoms with E-state index >= 15 is 0 Å². The van der Waals surface area contributed by atoms with Crippen molar-refractivity contribution in [3.05, 3.63) is 29.8 Å². The zero-order valence-electron chi connectivity index (χ0n) is 12.4. The van der Waals surface area contributed by atoms with Crippen LogP contribution in [0.1, 0.15) is 32.3 Å². The maximum Gasteiger partial charge on any atom is 0.119 e. The second-order valence-corrected chi connectivity index (χ2v) is 5.20. The minimum atomic E-state index is 0.599. The van der Waals surface area contributed by atoms with Gasteiger partial charge in [-0.3, -0.25) is 0 Å². The van der Waals surface area contributed by atoms with Crippen molar-refractivity contribution >= 4 is 0 Å². The molecule has 1 aromatic carbocycles. The van der Waals surface area contributed by atoms with Crippen molar-refractivity contribution in [2.75, 3.05) is 26.9 Å². The first-order valence-corrected chi connectivity index (χ1v) is 7.13. The van der Waals surface area contributed by atoms with Gasteiger partial charge in [0.2, 0.25) is 0 Å². The van der Waals surface area contributed by atoms with Crippen LogP contribution < -0.4 is 10.1 Å². The van der Waals surface area contributed by atoms with E-state index in [0.717, 1.165) is 24.8 Å². The fourth-order valence-electron chi connectivity index (χ4n) is 1.86. The van der Waals surface area contributed by atoms with Crippen molar-refractivity contribution in [2.45, 2.75) is 33.2 Å². The molecule has 3 nitrogen and oxygen atoms in total. The van der Waals surface area contributed by atoms with Gasteiger partial charge in [-0.05, 0) is 43.0 Å². The third-order valence-corrected chi connectivity index (χ3v) is 2.92. The lowest BCUT2D eigenvalue weighted by molar-refractivity contribution is 0.146. The Hall–Kier alpha value is -1.06. The second kappa shape index (κ2) is 9.82. The molecule has 1 aromatic rings. The first-order chi connectivity index (χ1) is 9.22. The molecule has 0 aromatic heterocycles. The van der Waals surface area contributed by atoms with Gasteiger partial charge in [-0.15, -0.1) is 0 Å². The van der Waals surface area contributed by atoms with E-state index in [1.807, 2.05) is 12.1 Å². The number of ether oxygens (including phenoxy) is 2.